The van der Waals surface area contributed by atoms with E-state index in [1.54, 1.807) is 23.9 Å². The summed E-state index contributed by atoms with van der Waals surface area (Å²) in [5.41, 5.74) is 5.85. The smallest absolute Gasteiger partial charge is 0.286 e. The van der Waals surface area contributed by atoms with Gasteiger partial charge in [0.15, 0.2) is 0 Å². The third-order valence-corrected chi connectivity index (χ3v) is 5.31. The van der Waals surface area contributed by atoms with Crippen LogP contribution in [-0.2, 0) is 16.6 Å². The van der Waals surface area contributed by atoms with Crippen molar-refractivity contribution in [1.82, 2.24) is 15.4 Å². The number of hydrogen-bond acceptors (Lipinski definition) is 4. The van der Waals surface area contributed by atoms with Crippen LogP contribution < -0.4 is 16.2 Å². The van der Waals surface area contributed by atoms with Gasteiger partial charge in [0.25, 0.3) is 5.91 Å². The van der Waals surface area contributed by atoms with Crippen LogP contribution in [-0.4, -0.2) is 27.5 Å². The molecule has 0 saturated heterocycles. The molecule has 0 saturated carbocycles. The lowest BCUT2D eigenvalue weighted by atomic mass is 10.2. The number of carbonyl (C=O) groups excluding carboxylic acids is 3. The van der Waals surface area contributed by atoms with E-state index < -0.39 is 17.1 Å². The Morgan fingerprint density at radius 2 is 2.08 bits per heavy atom. The van der Waals surface area contributed by atoms with Crippen molar-refractivity contribution < 1.29 is 14.4 Å². The molecule has 1 aliphatic heterocycles. The molecule has 3 rings (SSSR count). The van der Waals surface area contributed by atoms with E-state index in [2.05, 4.69) is 32.1 Å². The molecule has 1 atom stereocenters. The molecule has 1 aromatic heterocycles. The number of carbonyl (C=O) groups is 3. The van der Waals surface area contributed by atoms with Crippen LogP contribution in [0.3, 0.4) is 0 Å². The zero-order valence-electron chi connectivity index (χ0n) is 13.2. The van der Waals surface area contributed by atoms with Gasteiger partial charge in [-0.1, -0.05) is 12.1 Å². The van der Waals surface area contributed by atoms with E-state index in [0.29, 0.717) is 5.69 Å². The van der Waals surface area contributed by atoms with Crippen LogP contribution in [0, 0.1) is 0 Å². The number of fused-ring (bicyclic) bond motifs is 1. The van der Waals surface area contributed by atoms with Gasteiger partial charge in [-0.15, -0.1) is 11.8 Å². The van der Waals surface area contributed by atoms with E-state index in [0.717, 1.165) is 15.1 Å². The van der Waals surface area contributed by atoms with Crippen LogP contribution in [0.25, 0.3) is 0 Å². The lowest BCUT2D eigenvalue weighted by Gasteiger charge is -2.23. The number of thioether (sulfide) groups is 1. The van der Waals surface area contributed by atoms with Gasteiger partial charge in [0, 0.05) is 29.0 Å². The zero-order chi connectivity index (χ0) is 18.0. The molecule has 0 radical (unpaired) electrons. The Morgan fingerprint density at radius 1 is 1.32 bits per heavy atom. The monoisotopic (exact) mass is 422 g/mol. The van der Waals surface area contributed by atoms with Gasteiger partial charge in [-0.25, -0.2) is 0 Å². The van der Waals surface area contributed by atoms with E-state index in [4.69, 9.17) is 0 Å². The molecule has 1 aromatic carbocycles. The molecule has 7 nitrogen and oxygen atoms in total. The van der Waals surface area contributed by atoms with Crippen molar-refractivity contribution in [2.75, 3.05) is 5.32 Å². The minimum atomic E-state index is -0.545. The van der Waals surface area contributed by atoms with E-state index >= 15 is 0 Å². The van der Waals surface area contributed by atoms with Crippen molar-refractivity contribution >= 4 is 51.1 Å². The second-order valence-electron chi connectivity index (χ2n) is 5.45. The van der Waals surface area contributed by atoms with Gasteiger partial charge in [-0.2, -0.15) is 0 Å². The minimum absolute atomic E-state index is 0.0397. The number of para-hydroxylation sites is 1. The van der Waals surface area contributed by atoms with E-state index in [1.165, 1.54) is 11.8 Å². The number of halogens is 1. The zero-order valence-corrected chi connectivity index (χ0v) is 15.6. The first-order chi connectivity index (χ1) is 11.9. The van der Waals surface area contributed by atoms with Crippen molar-refractivity contribution in [1.29, 1.82) is 0 Å². The molecule has 0 bridgehead atoms. The highest BCUT2D eigenvalue weighted by molar-refractivity contribution is 9.10. The lowest BCUT2D eigenvalue weighted by Crippen LogP contribution is -2.44. The highest BCUT2D eigenvalue weighted by Crippen LogP contribution is 2.36. The number of anilines is 1. The number of amides is 3. The van der Waals surface area contributed by atoms with Crippen LogP contribution in [0.15, 0.2) is 45.9 Å². The van der Waals surface area contributed by atoms with Crippen molar-refractivity contribution in [3.8, 4) is 0 Å². The second kappa shape index (κ2) is 7.32. The Kier molecular flexibility index (Phi) is 5.14. The molecule has 0 aliphatic carbocycles. The van der Waals surface area contributed by atoms with Crippen LogP contribution in [0.4, 0.5) is 5.69 Å². The van der Waals surface area contributed by atoms with E-state index in [1.807, 2.05) is 24.3 Å². The molecule has 25 heavy (non-hydrogen) atoms. The Hall–Kier alpha value is -2.26. The average molecular weight is 423 g/mol. The summed E-state index contributed by atoms with van der Waals surface area (Å²) in [5, 5.41) is 2.24. The standard InChI is InChI=1S/C16H15BrN4O3S/c1-21-8-9(17)6-11(21)15(23)20-19-14(22)7-13-16(24)18-10-4-2-3-5-12(10)25-13/h2-6,8,13H,7H2,1H3,(H,18,24)(H,19,22)(H,20,23)/t13-/m0/s1. The largest absolute Gasteiger partial charge is 0.345 e. The third-order valence-electron chi connectivity index (χ3n) is 3.60. The summed E-state index contributed by atoms with van der Waals surface area (Å²) < 4.78 is 2.40. The number of rotatable bonds is 3. The van der Waals surface area contributed by atoms with Crippen molar-refractivity contribution in [2.24, 2.45) is 7.05 Å². The highest BCUT2D eigenvalue weighted by atomic mass is 79.9. The summed E-state index contributed by atoms with van der Waals surface area (Å²) >= 11 is 4.62. The summed E-state index contributed by atoms with van der Waals surface area (Å²) in [7, 11) is 1.72. The van der Waals surface area contributed by atoms with Gasteiger partial charge in [0.05, 0.1) is 10.9 Å². The van der Waals surface area contributed by atoms with Gasteiger partial charge in [0.1, 0.15) is 5.69 Å². The van der Waals surface area contributed by atoms with Gasteiger partial charge < -0.3 is 9.88 Å². The highest BCUT2D eigenvalue weighted by Gasteiger charge is 2.28. The third kappa shape index (κ3) is 4.05. The first-order valence-electron chi connectivity index (χ1n) is 7.41. The Bertz CT molecular complexity index is 852. The predicted molar refractivity (Wildman–Crippen MR) is 98.1 cm³/mol. The van der Waals surface area contributed by atoms with Crippen LogP contribution in [0.2, 0.25) is 0 Å². The van der Waals surface area contributed by atoms with Gasteiger partial charge in [-0.05, 0) is 34.1 Å². The van der Waals surface area contributed by atoms with Gasteiger partial charge in [-0.3, -0.25) is 25.2 Å². The van der Waals surface area contributed by atoms with Crippen LogP contribution in [0.5, 0.6) is 0 Å². The predicted octanol–water partition coefficient (Wildman–Crippen LogP) is 2.05. The van der Waals surface area contributed by atoms with Gasteiger partial charge in [0.2, 0.25) is 11.8 Å². The molecule has 2 aromatic rings. The Morgan fingerprint density at radius 3 is 2.80 bits per heavy atom. The molecule has 0 spiro atoms. The molecular formula is C16H15BrN4O3S. The van der Waals surface area contributed by atoms with E-state index in [9.17, 15) is 14.4 Å². The number of aromatic nitrogens is 1. The molecule has 3 amide bonds. The molecule has 0 fully saturated rings. The Labute approximate surface area is 156 Å². The Balaban J connectivity index is 1.55. The quantitative estimate of drug-likeness (QED) is 0.659. The van der Waals surface area contributed by atoms with Crippen molar-refractivity contribution in [3.63, 3.8) is 0 Å². The molecule has 9 heteroatoms. The molecule has 0 unspecified atom stereocenters. The summed E-state index contributed by atoms with van der Waals surface area (Å²) in [6, 6.07) is 9.06. The summed E-state index contributed by atoms with van der Waals surface area (Å²) in [6.45, 7) is 0. The first-order valence-corrected chi connectivity index (χ1v) is 9.09. The van der Waals surface area contributed by atoms with E-state index in [-0.39, 0.29) is 12.3 Å². The fraction of sp³-hybridized carbons (Fsp3) is 0.188. The fourth-order valence-corrected chi connectivity index (χ4v) is 4.02. The maximum atomic E-state index is 12.1. The normalized spacial score (nSPS) is 15.9. The summed E-state index contributed by atoms with van der Waals surface area (Å²) in [6.07, 6.45) is 1.69. The number of nitrogens with one attached hydrogen (secondary N) is 3. The topological polar surface area (TPSA) is 92.2 Å². The average Bonchev–Trinajstić information content (AvgIpc) is 2.92. The second-order valence-corrected chi connectivity index (χ2v) is 7.61. The number of aryl methyl sites for hydroxylation is 1. The maximum absolute atomic E-state index is 12.1. The number of hydrogen-bond donors (Lipinski definition) is 3. The first kappa shape index (κ1) is 17.6. The minimum Gasteiger partial charge on any atom is -0.345 e. The maximum Gasteiger partial charge on any atom is 0.286 e. The van der Waals surface area contributed by atoms with Crippen molar-refractivity contribution in [2.45, 2.75) is 16.6 Å². The number of benzene rings is 1. The van der Waals surface area contributed by atoms with Crippen molar-refractivity contribution in [3.05, 3.63) is 46.7 Å². The molecule has 130 valence electrons. The molecule has 1 aliphatic rings. The van der Waals surface area contributed by atoms with Crippen LogP contribution >= 0.6 is 27.7 Å². The van der Waals surface area contributed by atoms with Crippen LogP contribution in [0.1, 0.15) is 16.9 Å². The van der Waals surface area contributed by atoms with Gasteiger partial charge >= 0.3 is 0 Å². The SMILES string of the molecule is Cn1cc(Br)cc1C(=O)NNC(=O)C[C@@H]1Sc2ccccc2NC1=O. The summed E-state index contributed by atoms with van der Waals surface area (Å²) in [4.78, 5) is 37.1. The fourth-order valence-electron chi connectivity index (χ4n) is 2.39. The summed E-state index contributed by atoms with van der Waals surface area (Å²) in [5.74, 6) is -1.10. The lowest BCUT2D eigenvalue weighted by molar-refractivity contribution is -0.124. The molecule has 2 heterocycles. The molecular weight excluding hydrogens is 408 g/mol. The molecule has 3 N–H and O–H groups in total. The number of nitrogens with zero attached hydrogens (tertiary/aromatic N) is 1. The number of hydrazine groups is 1.